The fourth-order valence-electron chi connectivity index (χ4n) is 3.46. The number of amides is 1. The van der Waals surface area contributed by atoms with Crippen LogP contribution in [0.1, 0.15) is 81.8 Å². The summed E-state index contributed by atoms with van der Waals surface area (Å²) >= 11 is 1.55. The van der Waals surface area contributed by atoms with Crippen molar-refractivity contribution in [3.05, 3.63) is 41.7 Å². The first-order chi connectivity index (χ1) is 13.2. The van der Waals surface area contributed by atoms with Gasteiger partial charge in [-0.15, -0.1) is 10.2 Å². The number of thioether (sulfide) groups is 1. The average Bonchev–Trinajstić information content (AvgIpc) is 3.61. The molecule has 1 aromatic heterocycles. The molecule has 0 radical (unpaired) electrons. The van der Waals surface area contributed by atoms with Crippen LogP contribution in [0.25, 0.3) is 0 Å². The summed E-state index contributed by atoms with van der Waals surface area (Å²) in [5, 5.41) is 12.8. The molecule has 0 spiro atoms. The van der Waals surface area contributed by atoms with Gasteiger partial charge in [-0.2, -0.15) is 0 Å². The van der Waals surface area contributed by atoms with Gasteiger partial charge in [-0.3, -0.25) is 4.79 Å². The Morgan fingerprint density at radius 3 is 2.59 bits per heavy atom. The van der Waals surface area contributed by atoms with Gasteiger partial charge in [0.05, 0.1) is 11.3 Å². The Kier molecular flexibility index (Phi) is 5.53. The Hall–Kier alpha value is -1.82. The quantitative estimate of drug-likeness (QED) is 0.641. The van der Waals surface area contributed by atoms with E-state index in [9.17, 15) is 4.79 Å². The van der Waals surface area contributed by atoms with Crippen molar-refractivity contribution in [2.75, 3.05) is 0 Å². The number of hydrogen-bond acceptors (Lipinski definition) is 4. The molecule has 27 heavy (non-hydrogen) atoms. The monoisotopic (exact) mass is 384 g/mol. The summed E-state index contributed by atoms with van der Waals surface area (Å²) < 4.78 is 2.31. The highest BCUT2D eigenvalue weighted by molar-refractivity contribution is 8.00. The van der Waals surface area contributed by atoms with Gasteiger partial charge in [0.15, 0.2) is 5.16 Å². The van der Waals surface area contributed by atoms with Crippen molar-refractivity contribution in [1.82, 2.24) is 20.1 Å². The summed E-state index contributed by atoms with van der Waals surface area (Å²) in [6, 6.07) is 10.9. The van der Waals surface area contributed by atoms with Crippen LogP contribution in [0.15, 0.2) is 35.5 Å². The Morgan fingerprint density at radius 1 is 1.22 bits per heavy atom. The maximum atomic E-state index is 12.9. The van der Waals surface area contributed by atoms with Gasteiger partial charge in [-0.25, -0.2) is 0 Å². The molecule has 5 nitrogen and oxygen atoms in total. The van der Waals surface area contributed by atoms with Gasteiger partial charge in [0, 0.05) is 12.0 Å². The van der Waals surface area contributed by atoms with E-state index in [1.165, 1.54) is 31.2 Å². The van der Waals surface area contributed by atoms with E-state index in [1.54, 1.807) is 11.8 Å². The second-order valence-corrected chi connectivity index (χ2v) is 9.04. The fourth-order valence-corrected chi connectivity index (χ4v) is 4.40. The highest BCUT2D eigenvalue weighted by Gasteiger charge is 2.37. The lowest BCUT2D eigenvalue weighted by atomic mass is 10.0. The normalized spacial score (nSPS) is 18.9. The van der Waals surface area contributed by atoms with Gasteiger partial charge < -0.3 is 9.88 Å². The van der Waals surface area contributed by atoms with Crippen molar-refractivity contribution in [2.45, 2.75) is 80.8 Å². The van der Waals surface area contributed by atoms with Crippen LogP contribution in [0.4, 0.5) is 0 Å². The highest BCUT2D eigenvalue weighted by Crippen LogP contribution is 2.46. The van der Waals surface area contributed by atoms with Crippen molar-refractivity contribution in [3.8, 4) is 0 Å². The molecule has 4 rings (SSSR count). The molecular weight excluding hydrogens is 356 g/mol. The molecule has 0 aliphatic heterocycles. The first-order valence-electron chi connectivity index (χ1n) is 10.1. The molecule has 1 N–H and O–H groups in total. The smallest absolute Gasteiger partial charge is 0.233 e. The zero-order valence-corrected chi connectivity index (χ0v) is 16.9. The Balaban J connectivity index is 1.43. The van der Waals surface area contributed by atoms with Crippen LogP contribution in [-0.4, -0.2) is 25.9 Å². The van der Waals surface area contributed by atoms with Crippen LogP contribution >= 0.6 is 11.8 Å². The molecule has 144 valence electrons. The van der Waals surface area contributed by atoms with Crippen molar-refractivity contribution < 1.29 is 4.79 Å². The lowest BCUT2D eigenvalue weighted by Crippen LogP contribution is -2.34. The first kappa shape index (κ1) is 18.5. The Bertz CT molecular complexity index is 783. The van der Waals surface area contributed by atoms with E-state index in [1.807, 2.05) is 25.1 Å². The molecule has 6 heteroatoms. The maximum absolute atomic E-state index is 12.9. The van der Waals surface area contributed by atoms with Gasteiger partial charge in [0.1, 0.15) is 5.82 Å². The van der Waals surface area contributed by atoms with Crippen LogP contribution < -0.4 is 5.32 Å². The maximum Gasteiger partial charge on any atom is 0.233 e. The number of aromatic nitrogens is 3. The fraction of sp³-hybridized carbons (Fsp3) is 0.571. The van der Waals surface area contributed by atoms with Crippen molar-refractivity contribution in [3.63, 3.8) is 0 Å². The molecule has 1 heterocycles. The van der Waals surface area contributed by atoms with Crippen LogP contribution in [-0.2, 0) is 4.79 Å². The second kappa shape index (κ2) is 8.05. The number of benzene rings is 1. The molecule has 1 aromatic carbocycles. The van der Waals surface area contributed by atoms with E-state index in [4.69, 9.17) is 0 Å². The zero-order valence-electron chi connectivity index (χ0n) is 16.1. The summed E-state index contributed by atoms with van der Waals surface area (Å²) in [6.45, 7) is 4.12. The number of carbonyl (C=O) groups is 1. The third kappa shape index (κ3) is 4.37. The van der Waals surface area contributed by atoms with E-state index >= 15 is 0 Å². The van der Waals surface area contributed by atoms with Gasteiger partial charge in [-0.1, -0.05) is 55.4 Å². The molecule has 2 aliphatic carbocycles. The van der Waals surface area contributed by atoms with Crippen LogP contribution in [0.2, 0.25) is 0 Å². The predicted octanol–water partition coefficient (Wildman–Crippen LogP) is 4.63. The van der Waals surface area contributed by atoms with Gasteiger partial charge in [0.2, 0.25) is 5.91 Å². The van der Waals surface area contributed by atoms with Crippen LogP contribution in [0.5, 0.6) is 0 Å². The summed E-state index contributed by atoms with van der Waals surface area (Å²) in [6.07, 6.45) is 6.83. The molecule has 1 amide bonds. The number of nitrogens with one attached hydrogen (secondary N) is 1. The average molecular weight is 385 g/mol. The van der Waals surface area contributed by atoms with E-state index in [0.717, 1.165) is 23.8 Å². The summed E-state index contributed by atoms with van der Waals surface area (Å²) in [5.41, 5.74) is 1.17. The SMILES string of the molecule is CCC[C@H](NC(=O)[C@@H](C)Sc1nnc(C2CC2)n1C1CC1)c1ccccc1. The number of rotatable bonds is 9. The van der Waals surface area contributed by atoms with E-state index in [0.29, 0.717) is 12.0 Å². The van der Waals surface area contributed by atoms with E-state index in [-0.39, 0.29) is 17.2 Å². The topological polar surface area (TPSA) is 59.8 Å². The largest absolute Gasteiger partial charge is 0.348 e. The van der Waals surface area contributed by atoms with Gasteiger partial charge >= 0.3 is 0 Å². The number of carbonyl (C=O) groups excluding carboxylic acids is 1. The second-order valence-electron chi connectivity index (χ2n) is 7.74. The van der Waals surface area contributed by atoms with Gasteiger partial charge in [0.25, 0.3) is 0 Å². The van der Waals surface area contributed by atoms with Crippen molar-refractivity contribution in [1.29, 1.82) is 0 Å². The lowest BCUT2D eigenvalue weighted by molar-refractivity contribution is -0.121. The molecule has 2 atom stereocenters. The van der Waals surface area contributed by atoms with E-state index in [2.05, 4.69) is 39.1 Å². The van der Waals surface area contributed by atoms with Gasteiger partial charge in [-0.05, 0) is 44.6 Å². The van der Waals surface area contributed by atoms with Crippen molar-refractivity contribution in [2.24, 2.45) is 0 Å². The minimum atomic E-state index is -0.193. The summed E-state index contributed by atoms with van der Waals surface area (Å²) in [5.74, 6) is 1.80. The number of nitrogens with zero attached hydrogens (tertiary/aromatic N) is 3. The molecule has 2 fully saturated rings. The predicted molar refractivity (Wildman–Crippen MR) is 108 cm³/mol. The van der Waals surface area contributed by atoms with Crippen LogP contribution in [0, 0.1) is 0 Å². The molecule has 0 bridgehead atoms. The third-order valence-corrected chi connectivity index (χ3v) is 6.35. The third-order valence-electron chi connectivity index (χ3n) is 5.29. The Labute approximate surface area is 165 Å². The van der Waals surface area contributed by atoms with Crippen molar-refractivity contribution >= 4 is 17.7 Å². The molecular formula is C21H28N4OS. The zero-order chi connectivity index (χ0) is 18.8. The number of hydrogen-bond donors (Lipinski definition) is 1. The molecule has 0 saturated heterocycles. The lowest BCUT2D eigenvalue weighted by Gasteiger charge is -2.21. The Morgan fingerprint density at radius 2 is 1.96 bits per heavy atom. The molecule has 2 saturated carbocycles. The highest BCUT2D eigenvalue weighted by atomic mass is 32.2. The summed E-state index contributed by atoms with van der Waals surface area (Å²) in [4.78, 5) is 12.9. The minimum Gasteiger partial charge on any atom is -0.348 e. The van der Waals surface area contributed by atoms with E-state index < -0.39 is 0 Å². The molecule has 2 aliphatic rings. The first-order valence-corrected chi connectivity index (χ1v) is 11.0. The summed E-state index contributed by atoms with van der Waals surface area (Å²) in [7, 11) is 0. The van der Waals surface area contributed by atoms with Crippen LogP contribution in [0.3, 0.4) is 0 Å². The minimum absolute atomic E-state index is 0.0649. The molecule has 2 aromatic rings. The standard InChI is InChI=1S/C21H28N4OS/c1-3-7-18(15-8-5-4-6-9-15)22-20(26)14(2)27-21-24-23-19(16-10-11-16)25(21)17-12-13-17/h4-6,8-9,14,16-18H,3,7,10-13H2,1-2H3,(H,22,26)/t14-,18+/m1/s1. The molecule has 0 unspecified atom stereocenters.